The minimum Gasteiger partial charge on any atom is -0.447 e. The third-order valence-corrected chi connectivity index (χ3v) is 4.84. The van der Waals surface area contributed by atoms with E-state index in [9.17, 15) is 14.3 Å². The molecule has 0 unspecified atom stereocenters. The van der Waals surface area contributed by atoms with Gasteiger partial charge < -0.3 is 19.9 Å². The minimum atomic E-state index is -1.15. The van der Waals surface area contributed by atoms with Crippen molar-refractivity contribution in [1.82, 2.24) is 10.5 Å². The molecular weight excluding hydrogens is 552 g/mol. The molecular formula is C17H14BrFIN3O5. The SMILES string of the molecule is O=C(NOC[C@H](O)CO)c1oc2c(Br)cncc2c1Nc1ccc(I)cc1F. The smallest absolute Gasteiger partial charge is 0.312 e. The number of pyridine rings is 1. The third-order valence-electron chi connectivity index (χ3n) is 3.60. The van der Waals surface area contributed by atoms with Crippen LogP contribution in [0.4, 0.5) is 15.8 Å². The second-order valence-electron chi connectivity index (χ2n) is 5.63. The number of fused-ring (bicyclic) bond motifs is 1. The highest BCUT2D eigenvalue weighted by Gasteiger charge is 2.24. The van der Waals surface area contributed by atoms with Crippen molar-refractivity contribution in [2.24, 2.45) is 0 Å². The Morgan fingerprint density at radius 1 is 1.43 bits per heavy atom. The lowest BCUT2D eigenvalue weighted by molar-refractivity contribution is -0.0302. The van der Waals surface area contributed by atoms with Gasteiger partial charge in [0.25, 0.3) is 0 Å². The summed E-state index contributed by atoms with van der Waals surface area (Å²) in [4.78, 5) is 21.4. The fourth-order valence-corrected chi connectivity index (χ4v) is 3.16. The van der Waals surface area contributed by atoms with Gasteiger partial charge in [-0.05, 0) is 56.7 Å². The number of halogens is 3. The second kappa shape index (κ2) is 9.13. The summed E-state index contributed by atoms with van der Waals surface area (Å²) < 4.78 is 21.1. The largest absolute Gasteiger partial charge is 0.447 e. The highest BCUT2D eigenvalue weighted by Crippen LogP contribution is 2.36. The van der Waals surface area contributed by atoms with E-state index in [0.717, 1.165) is 3.57 Å². The van der Waals surface area contributed by atoms with Gasteiger partial charge in [0.15, 0.2) is 5.58 Å². The van der Waals surface area contributed by atoms with E-state index in [2.05, 4.69) is 31.7 Å². The van der Waals surface area contributed by atoms with Crippen LogP contribution in [0.5, 0.6) is 0 Å². The summed E-state index contributed by atoms with van der Waals surface area (Å²) in [6.07, 6.45) is 1.83. The van der Waals surface area contributed by atoms with E-state index in [1.54, 1.807) is 6.07 Å². The van der Waals surface area contributed by atoms with Gasteiger partial charge in [-0.15, -0.1) is 0 Å². The summed E-state index contributed by atoms with van der Waals surface area (Å²) in [6, 6.07) is 4.59. The minimum absolute atomic E-state index is 0.147. The summed E-state index contributed by atoms with van der Waals surface area (Å²) in [5.41, 5.74) is 2.81. The standard InChI is InChI=1S/C17H14BrFIN3O5/c18-11-5-21-4-10-14(22-13-2-1-8(20)3-12(13)19)16(28-15(10)11)17(26)23-27-7-9(25)6-24/h1-5,9,22,24-25H,6-7H2,(H,23,26)/t9-/m1/s1. The quantitative estimate of drug-likeness (QED) is 0.257. The molecule has 4 N–H and O–H groups in total. The number of amides is 1. The number of carbonyl (C=O) groups is 1. The van der Waals surface area contributed by atoms with Crippen molar-refractivity contribution < 1.29 is 28.7 Å². The normalized spacial score (nSPS) is 12.2. The molecule has 0 aliphatic carbocycles. The molecule has 1 aromatic carbocycles. The zero-order valence-electron chi connectivity index (χ0n) is 14.1. The van der Waals surface area contributed by atoms with E-state index in [0.29, 0.717) is 15.4 Å². The maximum absolute atomic E-state index is 14.3. The van der Waals surface area contributed by atoms with Crippen molar-refractivity contribution in [3.8, 4) is 0 Å². The van der Waals surface area contributed by atoms with Crippen LogP contribution >= 0.6 is 38.5 Å². The molecule has 8 nitrogen and oxygen atoms in total. The Balaban J connectivity index is 1.96. The lowest BCUT2D eigenvalue weighted by atomic mass is 10.2. The summed E-state index contributed by atoms with van der Waals surface area (Å²) in [5, 5.41) is 21.4. The second-order valence-corrected chi connectivity index (χ2v) is 7.73. The van der Waals surface area contributed by atoms with Crippen LogP contribution < -0.4 is 10.8 Å². The highest BCUT2D eigenvalue weighted by molar-refractivity contribution is 14.1. The fourth-order valence-electron chi connectivity index (χ4n) is 2.29. The number of furan rings is 1. The number of hydroxylamine groups is 1. The molecule has 28 heavy (non-hydrogen) atoms. The monoisotopic (exact) mass is 565 g/mol. The zero-order valence-corrected chi connectivity index (χ0v) is 17.8. The average molecular weight is 566 g/mol. The van der Waals surface area contributed by atoms with E-state index in [-0.39, 0.29) is 23.7 Å². The molecule has 0 aliphatic heterocycles. The molecule has 0 aliphatic rings. The van der Waals surface area contributed by atoms with Crippen molar-refractivity contribution in [2.75, 3.05) is 18.5 Å². The predicted octanol–water partition coefficient (Wildman–Crippen LogP) is 3.09. The summed E-state index contributed by atoms with van der Waals surface area (Å²) in [5.74, 6) is -1.43. The zero-order chi connectivity index (χ0) is 20.3. The molecule has 0 saturated carbocycles. The van der Waals surface area contributed by atoms with Gasteiger partial charge in [0.2, 0.25) is 5.76 Å². The number of benzene rings is 1. The maximum atomic E-state index is 14.3. The number of carbonyl (C=O) groups excluding carboxylic acids is 1. The Hall–Kier alpha value is -1.80. The number of aromatic nitrogens is 1. The summed E-state index contributed by atoms with van der Waals surface area (Å²) in [6.45, 7) is -0.833. The Morgan fingerprint density at radius 2 is 2.21 bits per heavy atom. The van der Waals surface area contributed by atoms with E-state index in [1.807, 2.05) is 22.6 Å². The lowest BCUT2D eigenvalue weighted by Crippen LogP contribution is -2.30. The molecule has 0 spiro atoms. The molecule has 3 rings (SSSR count). The van der Waals surface area contributed by atoms with Gasteiger partial charge in [0, 0.05) is 16.0 Å². The van der Waals surface area contributed by atoms with Crippen LogP contribution in [0.1, 0.15) is 10.6 Å². The number of anilines is 2. The van der Waals surface area contributed by atoms with E-state index in [1.165, 1.54) is 24.5 Å². The maximum Gasteiger partial charge on any atom is 0.312 e. The number of aliphatic hydroxyl groups is 2. The van der Waals surface area contributed by atoms with Crippen LogP contribution in [0, 0.1) is 9.39 Å². The Morgan fingerprint density at radius 3 is 2.93 bits per heavy atom. The first-order valence-electron chi connectivity index (χ1n) is 7.89. The molecule has 0 bridgehead atoms. The number of nitrogens with zero attached hydrogens (tertiary/aromatic N) is 1. The topological polar surface area (TPSA) is 117 Å². The first-order valence-corrected chi connectivity index (χ1v) is 9.77. The van der Waals surface area contributed by atoms with Crippen LogP contribution in [0.3, 0.4) is 0 Å². The molecule has 3 aromatic rings. The van der Waals surface area contributed by atoms with Gasteiger partial charge in [-0.2, -0.15) is 0 Å². The molecule has 1 amide bonds. The van der Waals surface area contributed by atoms with Crippen molar-refractivity contribution >= 4 is 66.8 Å². The van der Waals surface area contributed by atoms with E-state index in [4.69, 9.17) is 14.4 Å². The summed E-state index contributed by atoms with van der Waals surface area (Å²) in [7, 11) is 0. The van der Waals surface area contributed by atoms with Gasteiger partial charge in [-0.3, -0.25) is 14.6 Å². The van der Waals surface area contributed by atoms with Gasteiger partial charge in [0.05, 0.1) is 22.2 Å². The Bertz CT molecular complexity index is 1020. The average Bonchev–Trinajstić information content (AvgIpc) is 3.03. The molecule has 2 aromatic heterocycles. The molecule has 0 fully saturated rings. The van der Waals surface area contributed by atoms with Gasteiger partial charge in [0.1, 0.15) is 24.2 Å². The molecule has 0 saturated heterocycles. The Labute approximate surface area is 180 Å². The number of hydrogen-bond acceptors (Lipinski definition) is 7. The molecule has 148 valence electrons. The van der Waals surface area contributed by atoms with Crippen LogP contribution in [-0.4, -0.2) is 40.4 Å². The van der Waals surface area contributed by atoms with Gasteiger partial charge in [-0.1, -0.05) is 0 Å². The van der Waals surface area contributed by atoms with Crippen LogP contribution in [0.25, 0.3) is 11.0 Å². The molecule has 0 radical (unpaired) electrons. The van der Waals surface area contributed by atoms with Crippen LogP contribution in [0.15, 0.2) is 39.5 Å². The van der Waals surface area contributed by atoms with Crippen LogP contribution in [0.2, 0.25) is 0 Å². The number of hydrogen-bond donors (Lipinski definition) is 4. The molecule has 1 atom stereocenters. The number of nitrogens with one attached hydrogen (secondary N) is 2. The number of rotatable bonds is 7. The summed E-state index contributed by atoms with van der Waals surface area (Å²) >= 11 is 5.29. The highest BCUT2D eigenvalue weighted by atomic mass is 127. The molecule has 2 heterocycles. The first-order chi connectivity index (χ1) is 13.4. The van der Waals surface area contributed by atoms with Crippen molar-refractivity contribution in [3.63, 3.8) is 0 Å². The molecule has 11 heteroatoms. The van der Waals surface area contributed by atoms with Gasteiger partial charge in [-0.25, -0.2) is 9.87 Å². The first kappa shape index (κ1) is 20.9. The third kappa shape index (κ3) is 4.60. The fraction of sp³-hybridized carbons (Fsp3) is 0.176. The Kier molecular flexibility index (Phi) is 6.82. The number of aliphatic hydroxyl groups excluding tert-OH is 2. The van der Waals surface area contributed by atoms with Crippen molar-refractivity contribution in [3.05, 3.63) is 50.2 Å². The van der Waals surface area contributed by atoms with Crippen LogP contribution in [-0.2, 0) is 4.84 Å². The predicted molar refractivity (Wildman–Crippen MR) is 111 cm³/mol. The van der Waals surface area contributed by atoms with E-state index < -0.39 is 24.4 Å². The van der Waals surface area contributed by atoms with Crippen molar-refractivity contribution in [1.29, 1.82) is 0 Å². The lowest BCUT2D eigenvalue weighted by Gasteiger charge is -2.10. The van der Waals surface area contributed by atoms with E-state index >= 15 is 0 Å². The van der Waals surface area contributed by atoms with Crippen molar-refractivity contribution in [2.45, 2.75) is 6.10 Å². The van der Waals surface area contributed by atoms with Gasteiger partial charge >= 0.3 is 5.91 Å².